The summed E-state index contributed by atoms with van der Waals surface area (Å²) in [5.74, 6) is 2.04. The number of aromatic nitrogens is 1. The highest BCUT2D eigenvalue weighted by atomic mass is 32.2. The number of aryl methyl sites for hydroxylation is 2. The minimum Gasteiger partial charge on any atom is -0.361 e. The first-order valence-electron chi connectivity index (χ1n) is 8.17. The number of urea groups is 1. The average Bonchev–Trinajstić information content (AvgIpc) is 3.04. The second-order valence-electron chi connectivity index (χ2n) is 5.89. The number of nitrogens with zero attached hydrogens (tertiary/aromatic N) is 1. The maximum Gasteiger partial charge on any atom is 0.315 e. The average molecular weight is 325 g/mol. The summed E-state index contributed by atoms with van der Waals surface area (Å²) >= 11 is 2.01. The molecule has 1 aliphatic carbocycles. The van der Waals surface area contributed by atoms with Crippen molar-refractivity contribution in [1.82, 2.24) is 15.8 Å². The van der Waals surface area contributed by atoms with E-state index in [9.17, 15) is 4.79 Å². The van der Waals surface area contributed by atoms with Crippen LogP contribution in [0.5, 0.6) is 0 Å². The molecule has 2 N–H and O–H groups in total. The van der Waals surface area contributed by atoms with Gasteiger partial charge in [-0.05, 0) is 51.7 Å². The Hall–Kier alpha value is -1.17. The van der Waals surface area contributed by atoms with Crippen LogP contribution in [-0.4, -0.2) is 34.8 Å². The SMILES string of the molecule is CCS[C@H]1CC[C@@H](NC(=O)NCCCc2c(C)noc2C)C1. The smallest absolute Gasteiger partial charge is 0.315 e. The van der Waals surface area contributed by atoms with E-state index in [4.69, 9.17) is 4.52 Å². The van der Waals surface area contributed by atoms with Crippen molar-refractivity contribution in [3.63, 3.8) is 0 Å². The summed E-state index contributed by atoms with van der Waals surface area (Å²) in [6, 6.07) is 0.303. The molecule has 0 radical (unpaired) electrons. The van der Waals surface area contributed by atoms with E-state index >= 15 is 0 Å². The van der Waals surface area contributed by atoms with Crippen molar-refractivity contribution in [2.75, 3.05) is 12.3 Å². The Kier molecular flexibility index (Phi) is 6.61. The molecule has 2 atom stereocenters. The van der Waals surface area contributed by atoms with Gasteiger partial charge in [-0.15, -0.1) is 0 Å². The van der Waals surface area contributed by atoms with Gasteiger partial charge in [0, 0.05) is 23.4 Å². The number of hydrogen-bond donors (Lipinski definition) is 2. The fraction of sp³-hybridized carbons (Fsp3) is 0.750. The van der Waals surface area contributed by atoms with Crippen molar-refractivity contribution in [2.24, 2.45) is 0 Å². The number of hydrogen-bond acceptors (Lipinski definition) is 4. The van der Waals surface area contributed by atoms with Crippen molar-refractivity contribution in [2.45, 2.75) is 64.2 Å². The Morgan fingerprint density at radius 1 is 1.41 bits per heavy atom. The van der Waals surface area contributed by atoms with Gasteiger partial charge in [0.2, 0.25) is 0 Å². The third-order valence-corrected chi connectivity index (χ3v) is 5.43. The van der Waals surface area contributed by atoms with Crippen LogP contribution in [0.3, 0.4) is 0 Å². The third kappa shape index (κ3) is 4.93. The Balaban J connectivity index is 1.60. The molecule has 5 nitrogen and oxygen atoms in total. The lowest BCUT2D eigenvalue weighted by molar-refractivity contribution is 0.237. The minimum atomic E-state index is -0.0362. The highest BCUT2D eigenvalue weighted by Gasteiger charge is 2.25. The molecule has 1 fully saturated rings. The fourth-order valence-corrected chi connectivity index (χ4v) is 4.16. The lowest BCUT2D eigenvalue weighted by atomic mass is 10.1. The van der Waals surface area contributed by atoms with E-state index < -0.39 is 0 Å². The summed E-state index contributed by atoms with van der Waals surface area (Å²) in [6.07, 6.45) is 5.21. The number of thioether (sulfide) groups is 1. The maximum atomic E-state index is 11.9. The molecular formula is C16H27N3O2S. The fourth-order valence-electron chi connectivity index (χ4n) is 3.02. The molecule has 1 heterocycles. The number of nitrogens with one attached hydrogen (secondary N) is 2. The molecule has 1 aromatic rings. The zero-order chi connectivity index (χ0) is 15.9. The van der Waals surface area contributed by atoms with Gasteiger partial charge in [-0.3, -0.25) is 0 Å². The Labute approximate surface area is 137 Å². The van der Waals surface area contributed by atoms with Crippen molar-refractivity contribution in [3.05, 3.63) is 17.0 Å². The van der Waals surface area contributed by atoms with Crippen LogP contribution >= 0.6 is 11.8 Å². The molecule has 0 aromatic carbocycles. The van der Waals surface area contributed by atoms with Gasteiger partial charge in [0.05, 0.1) is 5.69 Å². The van der Waals surface area contributed by atoms with Crippen LogP contribution < -0.4 is 10.6 Å². The van der Waals surface area contributed by atoms with Gasteiger partial charge >= 0.3 is 6.03 Å². The third-order valence-electron chi connectivity index (χ3n) is 4.19. The first kappa shape index (κ1) is 17.2. The van der Waals surface area contributed by atoms with Gasteiger partial charge < -0.3 is 15.2 Å². The quantitative estimate of drug-likeness (QED) is 0.756. The molecule has 2 rings (SSSR count). The van der Waals surface area contributed by atoms with E-state index in [1.807, 2.05) is 25.6 Å². The molecule has 1 aliphatic rings. The first-order chi connectivity index (χ1) is 10.6. The van der Waals surface area contributed by atoms with E-state index in [1.54, 1.807) is 0 Å². The van der Waals surface area contributed by atoms with Crippen LogP contribution in [0.2, 0.25) is 0 Å². The first-order valence-corrected chi connectivity index (χ1v) is 9.22. The van der Waals surface area contributed by atoms with Crippen LogP contribution in [0.1, 0.15) is 49.6 Å². The molecule has 2 amide bonds. The number of carbonyl (C=O) groups is 1. The van der Waals surface area contributed by atoms with E-state index in [2.05, 4.69) is 22.7 Å². The van der Waals surface area contributed by atoms with Gasteiger partial charge in [0.25, 0.3) is 0 Å². The topological polar surface area (TPSA) is 67.2 Å². The molecule has 22 heavy (non-hydrogen) atoms. The molecule has 0 aliphatic heterocycles. The predicted octanol–water partition coefficient (Wildman–Crippen LogP) is 3.20. The minimum absolute atomic E-state index is 0.0362. The van der Waals surface area contributed by atoms with Gasteiger partial charge in [0.15, 0.2) is 0 Å². The van der Waals surface area contributed by atoms with Crippen LogP contribution in [-0.2, 0) is 6.42 Å². The largest absolute Gasteiger partial charge is 0.361 e. The second-order valence-corrected chi connectivity index (χ2v) is 7.47. The van der Waals surface area contributed by atoms with Crippen LogP contribution in [0.4, 0.5) is 4.79 Å². The summed E-state index contributed by atoms with van der Waals surface area (Å²) in [4.78, 5) is 11.9. The Morgan fingerprint density at radius 3 is 2.91 bits per heavy atom. The van der Waals surface area contributed by atoms with Crippen LogP contribution in [0.15, 0.2) is 4.52 Å². The number of carbonyl (C=O) groups excluding carboxylic acids is 1. The molecule has 1 saturated carbocycles. The van der Waals surface area contributed by atoms with Gasteiger partial charge in [0.1, 0.15) is 5.76 Å². The van der Waals surface area contributed by atoms with E-state index in [1.165, 1.54) is 6.42 Å². The van der Waals surface area contributed by atoms with Gasteiger partial charge in [-0.25, -0.2) is 4.79 Å². The molecule has 0 saturated heterocycles. The predicted molar refractivity (Wildman–Crippen MR) is 90.4 cm³/mol. The van der Waals surface area contributed by atoms with Crippen LogP contribution in [0.25, 0.3) is 0 Å². The van der Waals surface area contributed by atoms with Crippen molar-refractivity contribution in [3.8, 4) is 0 Å². The number of rotatable bonds is 7. The Morgan fingerprint density at radius 2 is 2.23 bits per heavy atom. The summed E-state index contributed by atoms with van der Waals surface area (Å²) < 4.78 is 5.14. The number of amides is 2. The zero-order valence-electron chi connectivity index (χ0n) is 13.8. The van der Waals surface area contributed by atoms with Crippen molar-refractivity contribution < 1.29 is 9.32 Å². The molecule has 0 spiro atoms. The standard InChI is InChI=1S/C16H27N3O2S/c1-4-22-14-8-7-13(10-14)18-16(20)17-9-5-6-15-11(2)19-21-12(15)3/h13-14H,4-10H2,1-3H3,(H2,17,18,20)/t13-,14+/m1/s1. The van der Waals surface area contributed by atoms with Crippen molar-refractivity contribution in [1.29, 1.82) is 0 Å². The van der Waals surface area contributed by atoms with E-state index in [0.29, 0.717) is 12.6 Å². The lowest BCUT2D eigenvalue weighted by Crippen LogP contribution is -2.41. The van der Waals surface area contributed by atoms with E-state index in [-0.39, 0.29) is 6.03 Å². The normalized spacial score (nSPS) is 21.0. The van der Waals surface area contributed by atoms with Gasteiger partial charge in [-0.2, -0.15) is 11.8 Å². The molecule has 0 unspecified atom stereocenters. The van der Waals surface area contributed by atoms with E-state index in [0.717, 1.165) is 53.7 Å². The summed E-state index contributed by atoms with van der Waals surface area (Å²) in [6.45, 7) is 6.75. The summed E-state index contributed by atoms with van der Waals surface area (Å²) in [5, 5.41) is 10.7. The molecule has 1 aromatic heterocycles. The second kappa shape index (κ2) is 8.46. The zero-order valence-corrected chi connectivity index (χ0v) is 14.6. The summed E-state index contributed by atoms with van der Waals surface area (Å²) in [5.41, 5.74) is 2.12. The summed E-state index contributed by atoms with van der Waals surface area (Å²) in [7, 11) is 0. The van der Waals surface area contributed by atoms with Crippen molar-refractivity contribution >= 4 is 17.8 Å². The molecule has 0 bridgehead atoms. The molecular weight excluding hydrogens is 298 g/mol. The van der Waals surface area contributed by atoms with Crippen LogP contribution in [0, 0.1) is 13.8 Å². The van der Waals surface area contributed by atoms with Gasteiger partial charge in [-0.1, -0.05) is 12.1 Å². The lowest BCUT2D eigenvalue weighted by Gasteiger charge is -2.14. The Bertz CT molecular complexity index is 470. The highest BCUT2D eigenvalue weighted by Crippen LogP contribution is 2.29. The molecule has 124 valence electrons. The highest BCUT2D eigenvalue weighted by molar-refractivity contribution is 7.99. The molecule has 6 heteroatoms. The maximum absolute atomic E-state index is 11.9. The monoisotopic (exact) mass is 325 g/mol.